The largest absolute Gasteiger partial charge is 0.493 e. The lowest BCUT2D eigenvalue weighted by Gasteiger charge is -2.45. The highest BCUT2D eigenvalue weighted by molar-refractivity contribution is 5.58. The first-order valence-corrected chi connectivity index (χ1v) is 12.6. The molecule has 2 aromatic carbocycles. The number of aldehydes is 1. The van der Waals surface area contributed by atoms with Crippen molar-refractivity contribution in [3.05, 3.63) is 72.8 Å². The molecule has 35 heavy (non-hydrogen) atoms. The van der Waals surface area contributed by atoms with E-state index in [9.17, 15) is 4.79 Å². The third-order valence-electron chi connectivity index (χ3n) is 7.24. The average Bonchev–Trinajstić information content (AvgIpc) is 3.61. The van der Waals surface area contributed by atoms with Crippen LogP contribution >= 0.6 is 0 Å². The quantitative estimate of drug-likeness (QED) is 0.430. The molecule has 2 heterocycles. The normalized spacial score (nSPS) is 20.0. The summed E-state index contributed by atoms with van der Waals surface area (Å²) in [6.45, 7) is 2.40. The smallest absolute Gasteiger partial charge is 0.163 e. The Labute approximate surface area is 207 Å². The van der Waals surface area contributed by atoms with Gasteiger partial charge in [0.15, 0.2) is 17.8 Å². The molecule has 0 N–H and O–H groups in total. The minimum atomic E-state index is -0.370. The molecular formula is C28H34N4O3. The third kappa shape index (κ3) is 5.35. The van der Waals surface area contributed by atoms with Gasteiger partial charge in [0, 0.05) is 49.8 Å². The molecule has 0 amide bonds. The molecule has 2 aliphatic rings. The molecule has 3 aromatic rings. The van der Waals surface area contributed by atoms with E-state index in [4.69, 9.17) is 9.47 Å². The van der Waals surface area contributed by atoms with E-state index in [2.05, 4.69) is 51.2 Å². The summed E-state index contributed by atoms with van der Waals surface area (Å²) >= 11 is 0. The number of benzene rings is 2. The van der Waals surface area contributed by atoms with Gasteiger partial charge in [-0.1, -0.05) is 30.3 Å². The number of carbonyl (C=O) groups excluding carboxylic acids is 1. The molecule has 2 fully saturated rings. The zero-order valence-electron chi connectivity index (χ0n) is 20.3. The lowest BCUT2D eigenvalue weighted by atomic mass is 10.0. The number of hydrogen-bond acceptors (Lipinski definition) is 6. The zero-order chi connectivity index (χ0) is 24.0. The Kier molecular flexibility index (Phi) is 7.33. The van der Waals surface area contributed by atoms with Crippen LogP contribution in [-0.4, -0.2) is 59.6 Å². The summed E-state index contributed by atoms with van der Waals surface area (Å²) in [5.74, 6) is 1.60. The molecule has 0 radical (unpaired) electrons. The van der Waals surface area contributed by atoms with Gasteiger partial charge in [-0.25, -0.2) is 4.98 Å². The van der Waals surface area contributed by atoms with Crippen molar-refractivity contribution >= 4 is 12.0 Å². The molecule has 1 aromatic heterocycles. The first kappa shape index (κ1) is 23.4. The maximum Gasteiger partial charge on any atom is 0.163 e. The first-order chi connectivity index (χ1) is 17.2. The zero-order valence-corrected chi connectivity index (χ0v) is 20.3. The second kappa shape index (κ2) is 11.0. The van der Waals surface area contributed by atoms with Crippen LogP contribution in [0.2, 0.25) is 0 Å². The molecule has 7 heteroatoms. The molecular weight excluding hydrogens is 440 g/mol. The summed E-state index contributed by atoms with van der Waals surface area (Å²) in [6, 6.07) is 16.9. The van der Waals surface area contributed by atoms with Crippen LogP contribution in [0, 0.1) is 0 Å². The molecule has 0 bridgehead atoms. The highest BCUT2D eigenvalue weighted by Gasteiger charge is 2.33. The maximum absolute atomic E-state index is 12.2. The van der Waals surface area contributed by atoms with Crippen LogP contribution in [0.5, 0.6) is 11.5 Å². The average molecular weight is 475 g/mol. The van der Waals surface area contributed by atoms with Crippen LogP contribution in [0.15, 0.2) is 67.3 Å². The van der Waals surface area contributed by atoms with E-state index >= 15 is 0 Å². The lowest BCUT2D eigenvalue weighted by molar-refractivity contribution is -0.116. The summed E-state index contributed by atoms with van der Waals surface area (Å²) in [5, 5.41) is 0. The standard InChI is InChI=1S/C28H34N4O3/c1-34-26-12-11-23(18-27(26)35-25-9-5-6-10-25)30-15-16-32(28(20-33)31-14-13-29-21-31)24(19-30)17-22-7-3-2-4-8-22/h2-4,7-8,11-14,18,20-21,24-25,28H,5-6,9-10,15-17,19H2,1H3/t24-,28?/m0/s1. The number of ether oxygens (including phenoxy) is 2. The van der Waals surface area contributed by atoms with E-state index in [0.717, 1.165) is 62.4 Å². The number of anilines is 1. The number of piperazine rings is 1. The van der Waals surface area contributed by atoms with Crippen LogP contribution < -0.4 is 14.4 Å². The van der Waals surface area contributed by atoms with Crippen molar-refractivity contribution in [2.75, 3.05) is 31.6 Å². The lowest BCUT2D eigenvalue weighted by Crippen LogP contribution is -2.56. The van der Waals surface area contributed by atoms with Crippen molar-refractivity contribution in [3.8, 4) is 11.5 Å². The molecule has 184 valence electrons. The fourth-order valence-corrected chi connectivity index (χ4v) is 5.41. The van der Waals surface area contributed by atoms with Crippen molar-refractivity contribution in [2.45, 2.75) is 50.4 Å². The summed E-state index contributed by atoms with van der Waals surface area (Å²) in [5.41, 5.74) is 2.39. The molecule has 2 atom stereocenters. The van der Waals surface area contributed by atoms with Crippen LogP contribution in [0.3, 0.4) is 0 Å². The molecule has 1 saturated carbocycles. The summed E-state index contributed by atoms with van der Waals surface area (Å²) in [4.78, 5) is 21.1. The second-order valence-corrected chi connectivity index (χ2v) is 9.45. The maximum atomic E-state index is 12.2. The molecule has 0 spiro atoms. The molecule has 1 saturated heterocycles. The van der Waals surface area contributed by atoms with Gasteiger partial charge in [0.25, 0.3) is 0 Å². The topological polar surface area (TPSA) is 59.8 Å². The Bertz CT molecular complexity index is 1080. The summed E-state index contributed by atoms with van der Waals surface area (Å²) < 4.78 is 13.9. The Morgan fingerprint density at radius 3 is 2.63 bits per heavy atom. The molecule has 1 aliphatic carbocycles. The van der Waals surface area contributed by atoms with Gasteiger partial charge in [-0.05, 0) is 49.8 Å². The van der Waals surface area contributed by atoms with Gasteiger partial charge in [-0.2, -0.15) is 0 Å². The van der Waals surface area contributed by atoms with E-state index in [0.29, 0.717) is 0 Å². The minimum absolute atomic E-state index is 0.157. The van der Waals surface area contributed by atoms with Crippen molar-refractivity contribution < 1.29 is 14.3 Å². The van der Waals surface area contributed by atoms with Gasteiger partial charge in [0.2, 0.25) is 0 Å². The van der Waals surface area contributed by atoms with Crippen LogP contribution in [-0.2, 0) is 11.2 Å². The van der Waals surface area contributed by atoms with Crippen molar-refractivity contribution in [2.24, 2.45) is 0 Å². The monoisotopic (exact) mass is 474 g/mol. The van der Waals surface area contributed by atoms with Crippen molar-refractivity contribution in [1.82, 2.24) is 14.5 Å². The molecule has 7 nitrogen and oxygen atoms in total. The Morgan fingerprint density at radius 2 is 1.91 bits per heavy atom. The fourth-order valence-electron chi connectivity index (χ4n) is 5.41. The van der Waals surface area contributed by atoms with E-state index in [1.54, 1.807) is 19.6 Å². The van der Waals surface area contributed by atoms with Gasteiger partial charge in [-0.15, -0.1) is 0 Å². The fraction of sp³-hybridized carbons (Fsp3) is 0.429. The highest BCUT2D eigenvalue weighted by Crippen LogP contribution is 2.36. The SMILES string of the molecule is COc1ccc(N2CCN(C(C=O)n3ccnc3)[C@@H](Cc3ccccc3)C2)cc1OC1CCCC1. The summed E-state index contributed by atoms with van der Waals surface area (Å²) in [7, 11) is 1.70. The number of carbonyl (C=O) groups is 1. The Morgan fingerprint density at radius 1 is 1.09 bits per heavy atom. The minimum Gasteiger partial charge on any atom is -0.493 e. The number of methoxy groups -OCH3 is 1. The first-order valence-electron chi connectivity index (χ1n) is 12.6. The summed E-state index contributed by atoms with van der Waals surface area (Å²) in [6.07, 6.45) is 11.8. The van der Waals surface area contributed by atoms with Gasteiger partial charge in [0.05, 0.1) is 19.5 Å². The Hall–Kier alpha value is -3.32. The van der Waals surface area contributed by atoms with Crippen LogP contribution in [0.4, 0.5) is 5.69 Å². The van der Waals surface area contributed by atoms with Crippen molar-refractivity contribution in [1.29, 1.82) is 0 Å². The van der Waals surface area contributed by atoms with E-state index in [1.807, 2.05) is 22.9 Å². The van der Waals surface area contributed by atoms with Crippen molar-refractivity contribution in [3.63, 3.8) is 0 Å². The van der Waals surface area contributed by atoms with Gasteiger partial charge in [0.1, 0.15) is 6.17 Å². The molecule has 1 aliphatic heterocycles. The third-order valence-corrected chi connectivity index (χ3v) is 7.24. The number of imidazole rings is 1. The number of rotatable bonds is 9. The second-order valence-electron chi connectivity index (χ2n) is 9.45. The molecule has 1 unspecified atom stereocenters. The van der Waals surface area contributed by atoms with Gasteiger partial charge < -0.3 is 18.9 Å². The van der Waals surface area contributed by atoms with Gasteiger partial charge in [-0.3, -0.25) is 9.69 Å². The number of nitrogens with zero attached hydrogens (tertiary/aromatic N) is 4. The predicted molar refractivity (Wildman–Crippen MR) is 136 cm³/mol. The predicted octanol–water partition coefficient (Wildman–Crippen LogP) is 4.34. The number of hydrogen-bond donors (Lipinski definition) is 0. The number of aromatic nitrogens is 2. The Balaban J connectivity index is 1.39. The molecule has 5 rings (SSSR count). The van der Waals surface area contributed by atoms with E-state index in [1.165, 1.54) is 18.4 Å². The van der Waals surface area contributed by atoms with E-state index in [-0.39, 0.29) is 18.3 Å². The highest BCUT2D eigenvalue weighted by atomic mass is 16.5. The van der Waals surface area contributed by atoms with Crippen LogP contribution in [0.25, 0.3) is 0 Å². The van der Waals surface area contributed by atoms with E-state index < -0.39 is 0 Å². The van der Waals surface area contributed by atoms with Crippen LogP contribution in [0.1, 0.15) is 37.4 Å². The van der Waals surface area contributed by atoms with Gasteiger partial charge >= 0.3 is 0 Å².